The number of nitrogens with zero attached hydrogens (tertiary/aromatic N) is 3. The highest BCUT2D eigenvalue weighted by molar-refractivity contribution is 6.04. The molecule has 0 unspecified atom stereocenters. The van der Waals surface area contributed by atoms with E-state index in [1.54, 1.807) is 32.7 Å². The molecule has 2 aliphatic rings. The molecule has 0 radical (unpaired) electrons. The van der Waals surface area contributed by atoms with Crippen molar-refractivity contribution in [2.24, 2.45) is 0 Å². The van der Waals surface area contributed by atoms with Gasteiger partial charge < -0.3 is 24.7 Å². The summed E-state index contributed by atoms with van der Waals surface area (Å²) < 4.78 is 5.62. The van der Waals surface area contributed by atoms with Crippen molar-refractivity contribution in [1.29, 1.82) is 0 Å². The standard InChI is InChI=1S/C32H41N3O6/c1-32(2,3)41-31(40)34-20-25-19-26(24-14-12-23(13-15-24)11-8-18-36)28(27(21-34)35(25)30(38)39)29(37)33(4)17-16-22-9-6-5-7-10-22/h5-7,9-10,12-15,25,27,36H,8,11,16-21H2,1-4H3,(H,38,39)/t25-,27-/m1/s1. The van der Waals surface area contributed by atoms with E-state index in [1.807, 2.05) is 54.6 Å². The second-order valence-electron chi connectivity index (χ2n) is 11.8. The highest BCUT2D eigenvalue weighted by Crippen LogP contribution is 2.39. The molecule has 2 N–H and O–H groups in total. The number of ether oxygens (including phenoxy) is 1. The maximum atomic E-state index is 14.2. The van der Waals surface area contributed by atoms with Crippen molar-refractivity contribution in [3.8, 4) is 0 Å². The summed E-state index contributed by atoms with van der Waals surface area (Å²) in [5, 5.41) is 19.4. The van der Waals surface area contributed by atoms with Gasteiger partial charge in [0, 0.05) is 38.9 Å². The van der Waals surface area contributed by atoms with Crippen molar-refractivity contribution in [1.82, 2.24) is 14.7 Å². The second kappa shape index (κ2) is 12.8. The van der Waals surface area contributed by atoms with Crippen molar-refractivity contribution in [2.75, 3.05) is 33.3 Å². The Morgan fingerprint density at radius 1 is 0.976 bits per heavy atom. The number of benzene rings is 2. The van der Waals surface area contributed by atoms with E-state index in [2.05, 4.69) is 0 Å². The Labute approximate surface area is 242 Å². The van der Waals surface area contributed by atoms with E-state index < -0.39 is 29.9 Å². The van der Waals surface area contributed by atoms with E-state index in [0.717, 1.165) is 28.7 Å². The monoisotopic (exact) mass is 563 g/mol. The van der Waals surface area contributed by atoms with Gasteiger partial charge in [0.25, 0.3) is 5.91 Å². The first-order chi connectivity index (χ1) is 19.5. The van der Waals surface area contributed by atoms with Gasteiger partial charge in [-0.2, -0.15) is 0 Å². The van der Waals surface area contributed by atoms with Gasteiger partial charge in [0.1, 0.15) is 5.60 Å². The number of fused-ring (bicyclic) bond motifs is 2. The summed E-state index contributed by atoms with van der Waals surface area (Å²) in [7, 11) is 1.74. The molecular formula is C32H41N3O6. The number of amides is 3. The van der Waals surface area contributed by atoms with Crippen LogP contribution in [0.4, 0.5) is 9.59 Å². The average Bonchev–Trinajstić information content (AvgIpc) is 2.93. The van der Waals surface area contributed by atoms with Crippen LogP contribution in [0.1, 0.15) is 50.3 Å². The van der Waals surface area contributed by atoms with Gasteiger partial charge in [-0.25, -0.2) is 9.59 Å². The molecule has 0 aromatic heterocycles. The van der Waals surface area contributed by atoms with Crippen LogP contribution in [0.5, 0.6) is 0 Å². The molecule has 2 aliphatic heterocycles. The van der Waals surface area contributed by atoms with Crippen LogP contribution < -0.4 is 0 Å². The minimum atomic E-state index is -1.11. The van der Waals surface area contributed by atoms with Crippen LogP contribution in [0.3, 0.4) is 0 Å². The third-order valence-corrected chi connectivity index (χ3v) is 7.61. The van der Waals surface area contributed by atoms with Crippen molar-refractivity contribution in [2.45, 2.75) is 64.1 Å². The second-order valence-corrected chi connectivity index (χ2v) is 11.8. The molecule has 2 heterocycles. The van der Waals surface area contributed by atoms with Crippen molar-refractivity contribution < 1.29 is 29.3 Å². The Balaban J connectivity index is 1.72. The van der Waals surface area contributed by atoms with Crippen LogP contribution in [-0.4, -0.2) is 94.0 Å². The van der Waals surface area contributed by atoms with Crippen LogP contribution in [0.15, 0.2) is 60.2 Å². The lowest BCUT2D eigenvalue weighted by atomic mass is 9.81. The predicted molar refractivity (Wildman–Crippen MR) is 156 cm³/mol. The van der Waals surface area contributed by atoms with Crippen molar-refractivity contribution in [3.05, 3.63) is 76.9 Å². The van der Waals surface area contributed by atoms with E-state index in [9.17, 15) is 24.6 Å². The number of hydrogen-bond donors (Lipinski definition) is 2. The molecule has 2 atom stereocenters. The fraction of sp³-hybridized carbons (Fsp3) is 0.469. The molecular weight excluding hydrogens is 522 g/mol. The first kappa shape index (κ1) is 30.1. The predicted octanol–water partition coefficient (Wildman–Crippen LogP) is 4.44. The number of likely N-dealkylation sites (N-methyl/N-ethyl adjacent to an activating group) is 1. The van der Waals surface area contributed by atoms with E-state index in [4.69, 9.17) is 4.74 Å². The zero-order valence-corrected chi connectivity index (χ0v) is 24.4. The maximum Gasteiger partial charge on any atom is 0.410 e. The number of aliphatic hydroxyl groups excluding tert-OH is 1. The highest BCUT2D eigenvalue weighted by Gasteiger charge is 2.48. The number of hydrogen-bond acceptors (Lipinski definition) is 5. The Hall–Kier alpha value is -3.85. The van der Waals surface area contributed by atoms with E-state index in [-0.39, 0.29) is 25.6 Å². The molecule has 2 aromatic carbocycles. The zero-order valence-electron chi connectivity index (χ0n) is 24.4. The summed E-state index contributed by atoms with van der Waals surface area (Å²) in [4.78, 5) is 44.3. The summed E-state index contributed by atoms with van der Waals surface area (Å²) >= 11 is 0. The van der Waals surface area contributed by atoms with Crippen LogP contribution in [0.2, 0.25) is 0 Å². The maximum absolute atomic E-state index is 14.2. The van der Waals surface area contributed by atoms with Gasteiger partial charge in [-0.15, -0.1) is 0 Å². The van der Waals surface area contributed by atoms with Crippen molar-refractivity contribution in [3.63, 3.8) is 0 Å². The fourth-order valence-corrected chi connectivity index (χ4v) is 5.62. The van der Waals surface area contributed by atoms with Crippen molar-refractivity contribution >= 4 is 23.7 Å². The van der Waals surface area contributed by atoms with E-state index in [1.165, 1.54) is 9.80 Å². The largest absolute Gasteiger partial charge is 0.465 e. The van der Waals surface area contributed by atoms with Gasteiger partial charge in [0.2, 0.25) is 0 Å². The molecule has 220 valence electrons. The lowest BCUT2D eigenvalue weighted by molar-refractivity contribution is -0.127. The van der Waals surface area contributed by atoms with Crippen LogP contribution in [-0.2, 0) is 22.4 Å². The first-order valence-electron chi connectivity index (χ1n) is 14.2. The van der Waals surface area contributed by atoms with Crippen LogP contribution in [0, 0.1) is 0 Å². The molecule has 9 nitrogen and oxygen atoms in total. The molecule has 2 bridgehead atoms. The number of rotatable bonds is 8. The lowest BCUT2D eigenvalue weighted by Gasteiger charge is -2.50. The van der Waals surface area contributed by atoms with Crippen LogP contribution in [0.25, 0.3) is 5.57 Å². The third-order valence-electron chi connectivity index (χ3n) is 7.61. The van der Waals surface area contributed by atoms with E-state index >= 15 is 0 Å². The van der Waals surface area contributed by atoms with Gasteiger partial charge in [-0.1, -0.05) is 54.6 Å². The van der Waals surface area contributed by atoms with Gasteiger partial charge >= 0.3 is 12.2 Å². The Kier molecular flexibility index (Phi) is 9.38. The average molecular weight is 564 g/mol. The SMILES string of the molecule is CN(CCc1ccccc1)C(=O)C1=C(c2ccc(CCCO)cc2)C[C@@H]2CN(C(=O)OC(C)(C)C)C[C@H]1N2C(=O)O. The number of carbonyl (C=O) groups is 3. The summed E-state index contributed by atoms with van der Waals surface area (Å²) in [6.45, 7) is 6.15. The first-order valence-corrected chi connectivity index (χ1v) is 14.2. The smallest absolute Gasteiger partial charge is 0.410 e. The third kappa shape index (κ3) is 7.27. The molecule has 2 aromatic rings. The molecule has 41 heavy (non-hydrogen) atoms. The highest BCUT2D eigenvalue weighted by atomic mass is 16.6. The molecule has 0 aliphatic carbocycles. The molecule has 1 saturated heterocycles. The number of aryl methyl sites for hydroxylation is 1. The number of aliphatic hydroxyl groups is 1. The minimum absolute atomic E-state index is 0.0311. The molecule has 9 heteroatoms. The topological polar surface area (TPSA) is 111 Å². The molecule has 0 spiro atoms. The molecule has 4 rings (SSSR count). The normalized spacial score (nSPS) is 18.8. The number of piperazine rings is 1. The summed E-state index contributed by atoms with van der Waals surface area (Å²) in [5.41, 5.74) is 3.55. The van der Waals surface area contributed by atoms with Gasteiger partial charge in [-0.05, 0) is 68.7 Å². The van der Waals surface area contributed by atoms with Crippen LogP contribution >= 0.6 is 0 Å². The van der Waals surface area contributed by atoms with Gasteiger partial charge in [0.15, 0.2) is 0 Å². The summed E-state index contributed by atoms with van der Waals surface area (Å²) in [5.74, 6) is -0.249. The lowest BCUT2D eigenvalue weighted by Crippen LogP contribution is -2.65. The molecule has 1 fully saturated rings. The Morgan fingerprint density at radius 2 is 1.63 bits per heavy atom. The summed E-state index contributed by atoms with van der Waals surface area (Å²) in [6, 6.07) is 16.5. The van der Waals surface area contributed by atoms with Gasteiger partial charge in [0.05, 0.1) is 12.1 Å². The number of carboxylic acid groups (broad SMARTS) is 1. The minimum Gasteiger partial charge on any atom is -0.465 e. The van der Waals surface area contributed by atoms with E-state index in [0.29, 0.717) is 31.4 Å². The Morgan fingerprint density at radius 3 is 2.24 bits per heavy atom. The fourth-order valence-electron chi connectivity index (χ4n) is 5.62. The summed E-state index contributed by atoms with van der Waals surface area (Å²) in [6.07, 6.45) is 0.734. The Bertz CT molecular complexity index is 1270. The molecule has 0 saturated carbocycles. The quantitative estimate of drug-likeness (QED) is 0.492. The van der Waals surface area contributed by atoms with Gasteiger partial charge in [-0.3, -0.25) is 9.69 Å². The zero-order chi connectivity index (χ0) is 29.7. The molecule has 3 amide bonds. The number of carbonyl (C=O) groups excluding carboxylic acids is 2.